The predicted molar refractivity (Wildman–Crippen MR) is 227 cm³/mol. The monoisotopic (exact) mass is 813 g/mol. The number of nitrogens with zero attached hydrogens (tertiary/aromatic N) is 1. The fourth-order valence-corrected chi connectivity index (χ4v) is 9.15. The highest BCUT2D eigenvalue weighted by molar-refractivity contribution is 7.99. The van der Waals surface area contributed by atoms with Gasteiger partial charge in [0.25, 0.3) is 0 Å². The van der Waals surface area contributed by atoms with Crippen molar-refractivity contribution in [2.24, 2.45) is 5.92 Å². The van der Waals surface area contributed by atoms with Crippen molar-refractivity contribution in [3.8, 4) is 11.1 Å². The minimum absolute atomic E-state index is 0.0194. The van der Waals surface area contributed by atoms with E-state index in [0.29, 0.717) is 5.75 Å². The molecule has 2 heterocycles. The largest absolute Gasteiger partial charge is 0.392 e. The molecule has 5 aromatic carbocycles. The lowest BCUT2D eigenvalue weighted by molar-refractivity contribution is -0.268. The van der Waals surface area contributed by atoms with E-state index < -0.39 is 28.3 Å². The summed E-state index contributed by atoms with van der Waals surface area (Å²) >= 11 is 1.66. The number of aryl methyl sites for hydroxylation is 1. The number of pyridine rings is 1. The molecule has 1 amide bonds. The lowest BCUT2D eigenvalue weighted by Gasteiger charge is -2.41. The summed E-state index contributed by atoms with van der Waals surface area (Å²) in [5.74, 6) is 0.337. The average Bonchev–Trinajstić information content (AvgIpc) is 3.26. The SMILES string of the molecule is Cc1ccc(S(=O)(=O)NC(Cc2ccccc2)C(=O)NCc2cccc(-c3ccc(C4OC(CSc5ccccn5)C(C)C(c5ccc(CO)cc5)O4)cc3)c2)cc1. The number of hydrogen-bond donors (Lipinski definition) is 3. The molecule has 0 bridgehead atoms. The van der Waals surface area contributed by atoms with Gasteiger partial charge in [-0.3, -0.25) is 4.79 Å². The second-order valence-electron chi connectivity index (χ2n) is 14.5. The molecule has 1 aromatic heterocycles. The van der Waals surface area contributed by atoms with Crippen LogP contribution in [0.4, 0.5) is 0 Å². The number of benzene rings is 5. The number of amides is 1. The molecule has 58 heavy (non-hydrogen) atoms. The van der Waals surface area contributed by atoms with E-state index in [4.69, 9.17) is 9.47 Å². The van der Waals surface area contributed by atoms with Crippen molar-refractivity contribution in [1.29, 1.82) is 0 Å². The van der Waals surface area contributed by atoms with E-state index in [0.717, 1.165) is 49.5 Å². The Labute approximate surface area is 344 Å². The molecule has 0 aliphatic carbocycles. The fourth-order valence-electron chi connectivity index (χ4n) is 6.93. The molecule has 298 valence electrons. The summed E-state index contributed by atoms with van der Waals surface area (Å²) in [5.41, 5.74) is 7.35. The summed E-state index contributed by atoms with van der Waals surface area (Å²) in [5, 5.41) is 13.5. The molecular weight excluding hydrogens is 767 g/mol. The van der Waals surface area contributed by atoms with E-state index in [9.17, 15) is 18.3 Å². The first-order valence-electron chi connectivity index (χ1n) is 19.3. The van der Waals surface area contributed by atoms with Gasteiger partial charge in [-0.25, -0.2) is 13.4 Å². The zero-order valence-corrected chi connectivity index (χ0v) is 34.0. The number of carbonyl (C=O) groups excluding carboxylic acids is 1. The van der Waals surface area contributed by atoms with Gasteiger partial charge in [0, 0.05) is 30.0 Å². The number of aliphatic hydroxyl groups is 1. The van der Waals surface area contributed by atoms with Crippen molar-refractivity contribution in [2.75, 3.05) is 5.75 Å². The van der Waals surface area contributed by atoms with Gasteiger partial charge in [0.2, 0.25) is 15.9 Å². The average molecular weight is 814 g/mol. The number of aromatic nitrogens is 1. The first-order chi connectivity index (χ1) is 28.1. The molecule has 0 saturated carbocycles. The van der Waals surface area contributed by atoms with Crippen LogP contribution in [-0.4, -0.2) is 42.3 Å². The van der Waals surface area contributed by atoms with Crippen molar-refractivity contribution in [3.05, 3.63) is 185 Å². The van der Waals surface area contributed by atoms with Gasteiger partial charge in [-0.2, -0.15) is 4.72 Å². The van der Waals surface area contributed by atoms with Crippen molar-refractivity contribution in [3.63, 3.8) is 0 Å². The zero-order valence-electron chi connectivity index (χ0n) is 32.4. The molecule has 6 aromatic rings. The maximum Gasteiger partial charge on any atom is 0.241 e. The van der Waals surface area contributed by atoms with Crippen molar-refractivity contribution >= 4 is 27.7 Å². The van der Waals surface area contributed by atoms with Crippen molar-refractivity contribution < 1.29 is 27.8 Å². The number of aliphatic hydroxyl groups excluding tert-OH is 1. The van der Waals surface area contributed by atoms with Crippen LogP contribution in [-0.2, 0) is 43.9 Å². The van der Waals surface area contributed by atoms with Crippen LogP contribution >= 0.6 is 11.8 Å². The lowest BCUT2D eigenvalue weighted by Crippen LogP contribution is -2.47. The molecule has 1 fully saturated rings. The van der Waals surface area contributed by atoms with E-state index in [1.165, 1.54) is 0 Å². The first-order valence-corrected chi connectivity index (χ1v) is 21.8. The van der Waals surface area contributed by atoms with Gasteiger partial charge in [-0.15, -0.1) is 11.8 Å². The van der Waals surface area contributed by atoms with Crippen LogP contribution in [0.5, 0.6) is 0 Å². The van der Waals surface area contributed by atoms with Crippen molar-refractivity contribution in [1.82, 2.24) is 15.0 Å². The molecule has 0 radical (unpaired) electrons. The van der Waals surface area contributed by atoms with E-state index in [1.807, 2.05) is 128 Å². The first kappa shape index (κ1) is 41.0. The van der Waals surface area contributed by atoms with E-state index in [-0.39, 0.29) is 42.6 Å². The molecule has 1 aliphatic rings. The zero-order chi connectivity index (χ0) is 40.5. The van der Waals surface area contributed by atoms with Gasteiger partial charge < -0.3 is 19.9 Å². The molecule has 5 atom stereocenters. The lowest BCUT2D eigenvalue weighted by atomic mass is 9.91. The molecule has 1 aliphatic heterocycles. The third kappa shape index (κ3) is 10.5. The number of sulfonamides is 1. The summed E-state index contributed by atoms with van der Waals surface area (Å²) in [6, 6.07) is 44.7. The Kier molecular flexibility index (Phi) is 13.5. The van der Waals surface area contributed by atoms with Crippen molar-refractivity contribution in [2.45, 2.75) is 67.9 Å². The number of ether oxygens (including phenoxy) is 2. The molecule has 0 spiro atoms. The number of hydrogen-bond acceptors (Lipinski definition) is 8. The van der Waals surface area contributed by atoms with Crippen LogP contribution in [0.15, 0.2) is 162 Å². The summed E-state index contributed by atoms with van der Waals surface area (Å²) in [6.07, 6.45) is 1.04. The smallest absolute Gasteiger partial charge is 0.241 e. The van der Waals surface area contributed by atoms with Crippen LogP contribution in [0, 0.1) is 12.8 Å². The van der Waals surface area contributed by atoms with Crippen LogP contribution in [0.25, 0.3) is 11.1 Å². The Morgan fingerprint density at radius 1 is 0.776 bits per heavy atom. The number of nitrogens with one attached hydrogen (secondary N) is 2. The molecule has 9 nitrogen and oxygen atoms in total. The second-order valence-corrected chi connectivity index (χ2v) is 17.3. The molecule has 5 unspecified atom stereocenters. The quantitative estimate of drug-likeness (QED) is 0.0884. The Morgan fingerprint density at radius 2 is 1.48 bits per heavy atom. The minimum atomic E-state index is -3.96. The summed E-state index contributed by atoms with van der Waals surface area (Å²) in [4.78, 5) is 18.2. The van der Waals surface area contributed by atoms with Gasteiger partial charge in [0.05, 0.1) is 28.7 Å². The molecular formula is C47H47N3O6S2. The van der Waals surface area contributed by atoms with Gasteiger partial charge in [-0.1, -0.05) is 128 Å². The molecule has 1 saturated heterocycles. The standard InChI is InChI=1S/C47H47N3O6S2/c1-32-14-24-41(25-15-32)58(53,54)50-42(28-34-9-4-3-5-10-34)46(52)49-29-36-11-8-12-40(27-36)37-20-22-39(23-21-37)47-55-43(31-57-44-13-6-7-26-48-44)33(2)45(56-47)38-18-16-35(30-51)17-19-38/h3-27,33,42-43,45,47,50-51H,28-31H2,1-2H3,(H,49,52). The third-order valence-corrected chi connectivity index (χ3v) is 12.8. The highest BCUT2D eigenvalue weighted by atomic mass is 32.2. The minimum Gasteiger partial charge on any atom is -0.392 e. The Morgan fingerprint density at radius 3 is 2.19 bits per heavy atom. The van der Waals surface area contributed by atoms with Crippen LogP contribution in [0.2, 0.25) is 0 Å². The number of rotatable bonds is 15. The topological polar surface area (TPSA) is 127 Å². The van der Waals surface area contributed by atoms with Gasteiger partial charge in [0.1, 0.15) is 6.04 Å². The fraction of sp³-hybridized carbons (Fsp3) is 0.234. The van der Waals surface area contributed by atoms with Gasteiger partial charge in [-0.05, 0) is 77.1 Å². The van der Waals surface area contributed by atoms with Crippen LogP contribution in [0.1, 0.15) is 52.7 Å². The Hall–Kier alpha value is -5.14. The predicted octanol–water partition coefficient (Wildman–Crippen LogP) is 8.34. The Bertz CT molecular complexity index is 2360. The number of carbonyl (C=O) groups is 1. The molecule has 7 rings (SSSR count). The second kappa shape index (κ2) is 19.1. The van der Waals surface area contributed by atoms with Crippen LogP contribution in [0.3, 0.4) is 0 Å². The normalized spacial score (nSPS) is 18.7. The maximum atomic E-state index is 13.6. The number of thioether (sulfide) groups is 1. The highest BCUT2D eigenvalue weighted by Gasteiger charge is 2.38. The molecule has 3 N–H and O–H groups in total. The molecule has 11 heteroatoms. The summed E-state index contributed by atoms with van der Waals surface area (Å²) in [7, 11) is -3.96. The highest BCUT2D eigenvalue weighted by Crippen LogP contribution is 2.43. The van der Waals surface area contributed by atoms with Gasteiger partial charge in [0.15, 0.2) is 6.29 Å². The maximum absolute atomic E-state index is 13.6. The van der Waals surface area contributed by atoms with E-state index in [1.54, 1.807) is 42.2 Å². The van der Waals surface area contributed by atoms with E-state index in [2.05, 4.69) is 21.9 Å². The summed E-state index contributed by atoms with van der Waals surface area (Å²) in [6.45, 7) is 4.23. The summed E-state index contributed by atoms with van der Waals surface area (Å²) < 4.78 is 42.7. The van der Waals surface area contributed by atoms with Crippen LogP contribution < -0.4 is 10.0 Å². The third-order valence-electron chi connectivity index (χ3n) is 10.3. The van der Waals surface area contributed by atoms with E-state index >= 15 is 0 Å². The Balaban J connectivity index is 1.04. The van der Waals surface area contributed by atoms with Gasteiger partial charge >= 0.3 is 0 Å².